The lowest BCUT2D eigenvalue weighted by molar-refractivity contribution is -0.120. The number of amides is 1. The fourth-order valence-electron chi connectivity index (χ4n) is 3.15. The first-order chi connectivity index (χ1) is 12.6. The lowest BCUT2D eigenvalue weighted by Gasteiger charge is -2.32. The van der Waals surface area contributed by atoms with Crippen molar-refractivity contribution in [2.75, 3.05) is 33.2 Å². The number of hydrogen-bond donors (Lipinski definition) is 1. The Hall–Kier alpha value is -1.69. The minimum atomic E-state index is 0.0526. The van der Waals surface area contributed by atoms with Crippen molar-refractivity contribution >= 4 is 21.8 Å². The van der Waals surface area contributed by atoms with Crippen molar-refractivity contribution in [1.82, 2.24) is 15.1 Å². The summed E-state index contributed by atoms with van der Waals surface area (Å²) in [6.45, 7) is 6.05. The molecule has 2 aromatic carbocycles. The highest BCUT2D eigenvalue weighted by molar-refractivity contribution is 9.10. The molecule has 1 amide bonds. The molecule has 0 unspecified atom stereocenters. The monoisotopic (exact) mass is 415 g/mol. The fourth-order valence-corrected chi connectivity index (χ4v) is 3.42. The first-order valence-corrected chi connectivity index (χ1v) is 9.87. The van der Waals surface area contributed by atoms with Gasteiger partial charge in [0.1, 0.15) is 0 Å². The number of piperazine rings is 1. The minimum Gasteiger partial charge on any atom is -0.352 e. The van der Waals surface area contributed by atoms with Crippen molar-refractivity contribution in [2.45, 2.75) is 19.5 Å². The van der Waals surface area contributed by atoms with E-state index < -0.39 is 0 Å². The van der Waals surface area contributed by atoms with Gasteiger partial charge in [-0.25, -0.2) is 0 Å². The molecule has 1 aliphatic heterocycles. The standard InChI is InChI=1S/C21H26BrN3O/c1-24-9-11-25(12-10-24)16-19-4-2-3-18(13-19)15-23-21(26)14-17-5-7-20(22)8-6-17/h2-8,13H,9-12,14-16H2,1H3,(H,23,26). The maximum atomic E-state index is 12.2. The van der Waals surface area contributed by atoms with Gasteiger partial charge in [-0.15, -0.1) is 0 Å². The van der Waals surface area contributed by atoms with Crippen LogP contribution in [0.5, 0.6) is 0 Å². The van der Waals surface area contributed by atoms with Gasteiger partial charge in [-0.2, -0.15) is 0 Å². The van der Waals surface area contributed by atoms with Gasteiger partial charge in [0.05, 0.1) is 6.42 Å². The van der Waals surface area contributed by atoms with E-state index >= 15 is 0 Å². The summed E-state index contributed by atoms with van der Waals surface area (Å²) in [6.07, 6.45) is 0.411. The molecule has 1 heterocycles. The molecule has 3 rings (SSSR count). The lowest BCUT2D eigenvalue weighted by Crippen LogP contribution is -2.43. The average Bonchev–Trinajstić information content (AvgIpc) is 2.64. The molecular weight excluding hydrogens is 390 g/mol. The van der Waals surface area contributed by atoms with Crippen molar-refractivity contribution in [2.24, 2.45) is 0 Å². The van der Waals surface area contributed by atoms with E-state index in [0.717, 1.165) is 48.3 Å². The molecule has 0 aliphatic carbocycles. The molecule has 0 radical (unpaired) electrons. The predicted molar refractivity (Wildman–Crippen MR) is 109 cm³/mol. The van der Waals surface area contributed by atoms with E-state index in [2.05, 4.69) is 62.4 Å². The second kappa shape index (κ2) is 9.31. The summed E-state index contributed by atoms with van der Waals surface area (Å²) in [5.74, 6) is 0.0526. The molecule has 1 saturated heterocycles. The number of carbonyl (C=O) groups excluding carboxylic acids is 1. The maximum absolute atomic E-state index is 12.2. The first-order valence-electron chi connectivity index (χ1n) is 9.08. The molecular formula is C21H26BrN3O. The zero-order chi connectivity index (χ0) is 18.4. The SMILES string of the molecule is CN1CCN(Cc2cccc(CNC(=O)Cc3ccc(Br)cc3)c2)CC1. The van der Waals surface area contributed by atoms with Crippen LogP contribution in [0, 0.1) is 0 Å². The largest absolute Gasteiger partial charge is 0.352 e. The zero-order valence-corrected chi connectivity index (χ0v) is 16.8. The first kappa shape index (κ1) is 19.1. The molecule has 5 heteroatoms. The Labute approximate surface area is 164 Å². The van der Waals surface area contributed by atoms with Crippen LogP contribution < -0.4 is 5.32 Å². The maximum Gasteiger partial charge on any atom is 0.224 e. The van der Waals surface area contributed by atoms with Gasteiger partial charge in [0, 0.05) is 43.7 Å². The Morgan fingerprint density at radius 1 is 1.00 bits per heavy atom. The molecule has 1 N–H and O–H groups in total. The van der Waals surface area contributed by atoms with E-state index in [1.807, 2.05) is 24.3 Å². The van der Waals surface area contributed by atoms with E-state index in [1.54, 1.807) is 0 Å². The van der Waals surface area contributed by atoms with Gasteiger partial charge in [-0.05, 0) is 35.9 Å². The van der Waals surface area contributed by atoms with Crippen LogP contribution in [0.3, 0.4) is 0 Å². The highest BCUT2D eigenvalue weighted by Crippen LogP contribution is 2.12. The number of halogens is 1. The smallest absolute Gasteiger partial charge is 0.224 e. The molecule has 0 spiro atoms. The molecule has 4 nitrogen and oxygen atoms in total. The Bertz CT molecular complexity index is 724. The summed E-state index contributed by atoms with van der Waals surface area (Å²) in [7, 11) is 2.18. The highest BCUT2D eigenvalue weighted by atomic mass is 79.9. The molecule has 1 fully saturated rings. The summed E-state index contributed by atoms with van der Waals surface area (Å²) in [4.78, 5) is 17.0. The van der Waals surface area contributed by atoms with Crippen molar-refractivity contribution in [3.05, 3.63) is 69.7 Å². The van der Waals surface area contributed by atoms with Gasteiger partial charge in [-0.1, -0.05) is 52.3 Å². The van der Waals surface area contributed by atoms with E-state index in [0.29, 0.717) is 13.0 Å². The Morgan fingerprint density at radius 3 is 2.42 bits per heavy atom. The summed E-state index contributed by atoms with van der Waals surface area (Å²) in [6, 6.07) is 16.4. The van der Waals surface area contributed by atoms with E-state index in [4.69, 9.17) is 0 Å². The van der Waals surface area contributed by atoms with Crippen molar-refractivity contribution in [3.8, 4) is 0 Å². The third kappa shape index (κ3) is 5.94. The lowest BCUT2D eigenvalue weighted by atomic mass is 10.1. The van der Waals surface area contributed by atoms with E-state index in [-0.39, 0.29) is 5.91 Å². The Kier molecular flexibility index (Phi) is 6.83. The minimum absolute atomic E-state index is 0.0526. The highest BCUT2D eigenvalue weighted by Gasteiger charge is 2.14. The molecule has 0 atom stereocenters. The number of benzene rings is 2. The molecule has 2 aromatic rings. The van der Waals surface area contributed by atoms with Crippen LogP contribution in [-0.4, -0.2) is 48.9 Å². The molecule has 0 saturated carbocycles. The fraction of sp³-hybridized carbons (Fsp3) is 0.381. The molecule has 0 bridgehead atoms. The normalized spacial score (nSPS) is 15.8. The van der Waals surface area contributed by atoms with Gasteiger partial charge >= 0.3 is 0 Å². The molecule has 26 heavy (non-hydrogen) atoms. The zero-order valence-electron chi connectivity index (χ0n) is 15.2. The number of likely N-dealkylation sites (N-methyl/N-ethyl adjacent to an activating group) is 1. The van der Waals surface area contributed by atoms with Crippen LogP contribution >= 0.6 is 15.9 Å². The van der Waals surface area contributed by atoms with Gasteiger partial charge in [0.15, 0.2) is 0 Å². The third-order valence-corrected chi connectivity index (χ3v) is 5.29. The van der Waals surface area contributed by atoms with Crippen molar-refractivity contribution in [3.63, 3.8) is 0 Å². The van der Waals surface area contributed by atoms with Gasteiger partial charge in [0.25, 0.3) is 0 Å². The molecule has 1 aliphatic rings. The number of rotatable bonds is 6. The van der Waals surface area contributed by atoms with Crippen LogP contribution in [0.2, 0.25) is 0 Å². The predicted octanol–water partition coefficient (Wildman–Crippen LogP) is 3.06. The average molecular weight is 416 g/mol. The van der Waals surface area contributed by atoms with Crippen LogP contribution in [0.15, 0.2) is 53.0 Å². The number of carbonyl (C=O) groups is 1. The van der Waals surface area contributed by atoms with Crippen molar-refractivity contribution < 1.29 is 4.79 Å². The topological polar surface area (TPSA) is 35.6 Å². The molecule has 138 valence electrons. The summed E-state index contributed by atoms with van der Waals surface area (Å²) in [5, 5.41) is 3.03. The van der Waals surface area contributed by atoms with Crippen LogP contribution in [0.25, 0.3) is 0 Å². The second-order valence-corrected chi connectivity index (χ2v) is 7.90. The van der Waals surface area contributed by atoms with Gasteiger partial charge < -0.3 is 10.2 Å². The number of nitrogens with zero attached hydrogens (tertiary/aromatic N) is 2. The summed E-state index contributed by atoms with van der Waals surface area (Å²) < 4.78 is 1.03. The van der Waals surface area contributed by atoms with Gasteiger partial charge in [-0.3, -0.25) is 9.69 Å². The van der Waals surface area contributed by atoms with E-state index in [9.17, 15) is 4.79 Å². The molecule has 0 aromatic heterocycles. The van der Waals surface area contributed by atoms with Crippen LogP contribution in [-0.2, 0) is 24.3 Å². The van der Waals surface area contributed by atoms with E-state index in [1.165, 1.54) is 5.56 Å². The summed E-state index contributed by atoms with van der Waals surface area (Å²) in [5.41, 5.74) is 3.49. The summed E-state index contributed by atoms with van der Waals surface area (Å²) >= 11 is 3.41. The van der Waals surface area contributed by atoms with Crippen molar-refractivity contribution in [1.29, 1.82) is 0 Å². The van der Waals surface area contributed by atoms with Crippen LogP contribution in [0.4, 0.5) is 0 Å². The van der Waals surface area contributed by atoms with Crippen LogP contribution in [0.1, 0.15) is 16.7 Å². The Morgan fingerprint density at radius 2 is 1.69 bits per heavy atom. The number of nitrogens with one attached hydrogen (secondary N) is 1. The number of hydrogen-bond acceptors (Lipinski definition) is 3. The third-order valence-electron chi connectivity index (χ3n) is 4.76. The quantitative estimate of drug-likeness (QED) is 0.787. The van der Waals surface area contributed by atoms with Gasteiger partial charge in [0.2, 0.25) is 5.91 Å². The second-order valence-electron chi connectivity index (χ2n) is 6.98. The Balaban J connectivity index is 1.48.